The molecule has 0 atom stereocenters. The molecule has 0 radical (unpaired) electrons. The Bertz CT molecular complexity index is 892. The van der Waals surface area contributed by atoms with Crippen molar-refractivity contribution >= 4 is 17.3 Å². The van der Waals surface area contributed by atoms with Crippen LogP contribution >= 0.6 is 0 Å². The van der Waals surface area contributed by atoms with Gasteiger partial charge in [0.15, 0.2) is 0 Å². The molecular formula is C25H32F3NO6. The molecule has 0 aliphatic heterocycles. The summed E-state index contributed by atoms with van der Waals surface area (Å²) in [6, 6.07) is 11.2. The summed E-state index contributed by atoms with van der Waals surface area (Å²) in [6.07, 6.45) is -4.28. The van der Waals surface area contributed by atoms with Crippen molar-refractivity contribution in [3.63, 3.8) is 0 Å². The fraction of sp³-hybridized carbons (Fsp3) is 0.480. The largest absolute Gasteiger partial charge is 0.460 e. The van der Waals surface area contributed by atoms with E-state index in [9.17, 15) is 18.0 Å². The van der Waals surface area contributed by atoms with Gasteiger partial charge in [-0.1, -0.05) is 18.2 Å². The lowest BCUT2D eigenvalue weighted by Crippen LogP contribution is -2.15. The molecule has 0 saturated heterocycles. The highest BCUT2D eigenvalue weighted by molar-refractivity contribution is 5.96. The summed E-state index contributed by atoms with van der Waals surface area (Å²) in [5, 5.41) is 2.85. The molecule has 194 valence electrons. The van der Waals surface area contributed by atoms with Crippen LogP contribution in [0.2, 0.25) is 0 Å². The lowest BCUT2D eigenvalue weighted by atomic mass is 10.1. The van der Waals surface area contributed by atoms with E-state index in [1.165, 1.54) is 18.2 Å². The first-order chi connectivity index (χ1) is 16.8. The quantitative estimate of drug-likeness (QED) is 0.255. The van der Waals surface area contributed by atoms with Gasteiger partial charge in [-0.15, -0.1) is 0 Å². The van der Waals surface area contributed by atoms with Gasteiger partial charge in [0, 0.05) is 5.69 Å². The minimum atomic E-state index is -4.46. The topological polar surface area (TPSA) is 75.2 Å². The van der Waals surface area contributed by atoms with E-state index in [4.69, 9.17) is 23.7 Å². The summed E-state index contributed by atoms with van der Waals surface area (Å²) in [5.41, 5.74) is -0.0404. The molecule has 2 aromatic carbocycles. The Kier molecular flexibility index (Phi) is 12.5. The molecule has 0 aliphatic rings. The maximum Gasteiger partial charge on any atom is 0.416 e. The first kappa shape index (κ1) is 28.6. The van der Waals surface area contributed by atoms with E-state index in [1.807, 2.05) is 13.8 Å². The second-order valence-electron chi connectivity index (χ2n) is 7.64. The average molecular weight is 500 g/mol. The summed E-state index contributed by atoms with van der Waals surface area (Å²) < 4.78 is 65.6. The SMILES string of the molecule is CC(C)OCCOCCOCCOCCOC(=O)c1ccccc1Nc1cccc(C(F)(F)F)c1. The Morgan fingerprint density at radius 2 is 1.43 bits per heavy atom. The monoisotopic (exact) mass is 499 g/mol. The van der Waals surface area contributed by atoms with Crippen LogP contribution in [-0.2, 0) is 29.9 Å². The van der Waals surface area contributed by atoms with Crippen LogP contribution in [0.25, 0.3) is 0 Å². The number of alkyl halides is 3. The molecule has 35 heavy (non-hydrogen) atoms. The number of halogens is 3. The predicted octanol–water partition coefficient (Wildman–Crippen LogP) is 5.08. The highest BCUT2D eigenvalue weighted by Crippen LogP contribution is 2.32. The Hall–Kier alpha value is -2.66. The lowest BCUT2D eigenvalue weighted by molar-refractivity contribution is -0.137. The van der Waals surface area contributed by atoms with Crippen LogP contribution in [0.4, 0.5) is 24.5 Å². The van der Waals surface area contributed by atoms with Crippen molar-refractivity contribution in [3.05, 3.63) is 59.7 Å². The first-order valence-electron chi connectivity index (χ1n) is 11.3. The van der Waals surface area contributed by atoms with E-state index in [2.05, 4.69) is 5.32 Å². The van der Waals surface area contributed by atoms with Gasteiger partial charge in [0.25, 0.3) is 0 Å². The molecule has 0 bridgehead atoms. The first-order valence-corrected chi connectivity index (χ1v) is 11.3. The van der Waals surface area contributed by atoms with Gasteiger partial charge in [-0.05, 0) is 44.2 Å². The number of hydrogen-bond acceptors (Lipinski definition) is 7. The number of benzene rings is 2. The summed E-state index contributed by atoms with van der Waals surface area (Å²) in [4.78, 5) is 12.5. The normalized spacial score (nSPS) is 11.6. The zero-order valence-corrected chi connectivity index (χ0v) is 19.9. The minimum Gasteiger partial charge on any atom is -0.460 e. The molecule has 0 saturated carbocycles. The summed E-state index contributed by atoms with van der Waals surface area (Å²) >= 11 is 0. The Labute approximate surface area is 203 Å². The van der Waals surface area contributed by atoms with E-state index in [-0.39, 0.29) is 30.6 Å². The van der Waals surface area contributed by atoms with Gasteiger partial charge in [0.1, 0.15) is 6.61 Å². The molecule has 1 N–H and O–H groups in total. The van der Waals surface area contributed by atoms with Crippen molar-refractivity contribution in [2.24, 2.45) is 0 Å². The third kappa shape index (κ3) is 11.5. The smallest absolute Gasteiger partial charge is 0.416 e. The highest BCUT2D eigenvalue weighted by atomic mass is 19.4. The predicted molar refractivity (Wildman–Crippen MR) is 125 cm³/mol. The average Bonchev–Trinajstić information content (AvgIpc) is 2.81. The van der Waals surface area contributed by atoms with Crippen LogP contribution in [0, 0.1) is 0 Å². The number of carbonyl (C=O) groups excluding carboxylic acids is 1. The molecule has 0 heterocycles. The van der Waals surface area contributed by atoms with Gasteiger partial charge in [-0.3, -0.25) is 0 Å². The molecule has 0 aliphatic carbocycles. The number of carbonyl (C=O) groups is 1. The van der Waals surface area contributed by atoms with Crippen molar-refractivity contribution in [2.45, 2.75) is 26.1 Å². The second-order valence-corrected chi connectivity index (χ2v) is 7.64. The summed E-state index contributed by atoms with van der Waals surface area (Å²) in [6.45, 7) is 6.81. The number of nitrogens with one attached hydrogen (secondary N) is 1. The van der Waals surface area contributed by atoms with Crippen molar-refractivity contribution in [3.8, 4) is 0 Å². The van der Waals surface area contributed by atoms with Gasteiger partial charge >= 0.3 is 12.1 Å². The molecule has 2 rings (SSSR count). The zero-order chi connectivity index (χ0) is 25.5. The minimum absolute atomic E-state index is 0.0235. The van der Waals surface area contributed by atoms with Gasteiger partial charge in [-0.25, -0.2) is 4.79 Å². The third-order valence-electron chi connectivity index (χ3n) is 4.50. The van der Waals surface area contributed by atoms with E-state index in [0.717, 1.165) is 12.1 Å². The van der Waals surface area contributed by atoms with E-state index in [1.54, 1.807) is 18.2 Å². The van der Waals surface area contributed by atoms with Gasteiger partial charge in [0.2, 0.25) is 0 Å². The van der Waals surface area contributed by atoms with Crippen LogP contribution in [-0.4, -0.2) is 64.9 Å². The second kappa shape index (κ2) is 15.4. The number of para-hydroxylation sites is 1. The number of rotatable bonds is 16. The summed E-state index contributed by atoms with van der Waals surface area (Å²) in [7, 11) is 0. The van der Waals surface area contributed by atoms with Crippen molar-refractivity contribution in [1.82, 2.24) is 0 Å². The van der Waals surface area contributed by atoms with Gasteiger partial charge in [-0.2, -0.15) is 13.2 Å². The van der Waals surface area contributed by atoms with Crippen LogP contribution in [0.15, 0.2) is 48.5 Å². The number of esters is 1. The standard InChI is InChI=1S/C25H32F3NO6/c1-19(2)34-16-14-32-12-10-31-11-13-33-15-17-35-24(30)22-8-3-4-9-23(22)29-21-7-5-6-20(18-21)25(26,27)28/h3-9,18-19,29H,10-17H2,1-2H3. The van der Waals surface area contributed by atoms with E-state index in [0.29, 0.717) is 45.3 Å². The zero-order valence-electron chi connectivity index (χ0n) is 19.9. The van der Waals surface area contributed by atoms with Crippen LogP contribution in [0.1, 0.15) is 29.8 Å². The van der Waals surface area contributed by atoms with Crippen molar-refractivity contribution in [2.75, 3.05) is 58.2 Å². The van der Waals surface area contributed by atoms with Crippen LogP contribution < -0.4 is 5.32 Å². The van der Waals surface area contributed by atoms with Crippen molar-refractivity contribution < 1.29 is 41.7 Å². The Morgan fingerprint density at radius 1 is 0.829 bits per heavy atom. The van der Waals surface area contributed by atoms with E-state index >= 15 is 0 Å². The van der Waals surface area contributed by atoms with Crippen LogP contribution in [0.5, 0.6) is 0 Å². The number of ether oxygens (including phenoxy) is 5. The number of anilines is 2. The molecule has 7 nitrogen and oxygen atoms in total. The molecule has 0 aromatic heterocycles. The third-order valence-corrected chi connectivity index (χ3v) is 4.50. The number of hydrogen-bond donors (Lipinski definition) is 1. The van der Waals surface area contributed by atoms with Crippen molar-refractivity contribution in [1.29, 1.82) is 0 Å². The van der Waals surface area contributed by atoms with Gasteiger partial charge in [0.05, 0.1) is 69.2 Å². The molecule has 0 fully saturated rings. The van der Waals surface area contributed by atoms with Gasteiger partial charge < -0.3 is 29.0 Å². The lowest BCUT2D eigenvalue weighted by Gasteiger charge is -2.13. The maximum atomic E-state index is 13.0. The summed E-state index contributed by atoms with van der Waals surface area (Å²) in [5.74, 6) is -0.612. The van der Waals surface area contributed by atoms with E-state index < -0.39 is 17.7 Å². The molecular weight excluding hydrogens is 467 g/mol. The molecule has 2 aromatic rings. The Balaban J connectivity index is 1.65. The molecule has 0 spiro atoms. The fourth-order valence-corrected chi connectivity index (χ4v) is 2.85. The Morgan fingerprint density at radius 3 is 2.06 bits per heavy atom. The molecule has 0 unspecified atom stereocenters. The molecule has 10 heteroatoms. The maximum absolute atomic E-state index is 13.0. The van der Waals surface area contributed by atoms with Crippen LogP contribution in [0.3, 0.4) is 0 Å². The fourth-order valence-electron chi connectivity index (χ4n) is 2.85. The molecule has 0 amide bonds. The highest BCUT2D eigenvalue weighted by Gasteiger charge is 2.30.